The Balaban J connectivity index is 2.51. The van der Waals surface area contributed by atoms with E-state index in [4.69, 9.17) is 9.47 Å². The maximum atomic E-state index is 12.0. The van der Waals surface area contributed by atoms with Gasteiger partial charge in [0, 0.05) is 26.3 Å². The van der Waals surface area contributed by atoms with Crippen molar-refractivity contribution in [3.8, 4) is 0 Å². The van der Waals surface area contributed by atoms with E-state index in [0.29, 0.717) is 12.5 Å². The highest BCUT2D eigenvalue weighted by molar-refractivity contribution is 5.80. The Bertz CT molecular complexity index is 293. The molecule has 0 aromatic heterocycles. The van der Waals surface area contributed by atoms with E-state index in [1.165, 1.54) is 7.11 Å². The van der Waals surface area contributed by atoms with Gasteiger partial charge in [0.15, 0.2) is 0 Å². The summed E-state index contributed by atoms with van der Waals surface area (Å²) in [5, 5.41) is 3.32. The van der Waals surface area contributed by atoms with Crippen molar-refractivity contribution in [1.29, 1.82) is 0 Å². The molecule has 118 valence electrons. The molecule has 1 heterocycles. The first-order chi connectivity index (χ1) is 9.51. The first-order valence-electron chi connectivity index (χ1n) is 7.61. The minimum Gasteiger partial charge on any atom is -0.468 e. The summed E-state index contributed by atoms with van der Waals surface area (Å²) in [6, 6.07) is 0. The van der Waals surface area contributed by atoms with Gasteiger partial charge >= 0.3 is 5.97 Å². The number of hydrogen-bond donors (Lipinski definition) is 1. The summed E-state index contributed by atoms with van der Waals surface area (Å²) in [5.41, 5.74) is -0.634. The molecule has 0 aliphatic carbocycles. The molecule has 1 aliphatic heterocycles. The van der Waals surface area contributed by atoms with Crippen LogP contribution in [0.1, 0.15) is 33.1 Å². The lowest BCUT2D eigenvalue weighted by Gasteiger charge is -2.34. The van der Waals surface area contributed by atoms with Gasteiger partial charge in [0.1, 0.15) is 5.54 Å². The predicted molar refractivity (Wildman–Crippen MR) is 79.8 cm³/mol. The number of methoxy groups -OCH3 is 1. The number of hydrogen-bond acceptors (Lipinski definition) is 5. The summed E-state index contributed by atoms with van der Waals surface area (Å²) in [7, 11) is 3.52. The Labute approximate surface area is 123 Å². The van der Waals surface area contributed by atoms with Crippen LogP contribution in [-0.2, 0) is 14.3 Å². The van der Waals surface area contributed by atoms with Gasteiger partial charge in [-0.25, -0.2) is 0 Å². The lowest BCUT2D eigenvalue weighted by atomic mass is 9.97. The van der Waals surface area contributed by atoms with E-state index < -0.39 is 5.54 Å². The van der Waals surface area contributed by atoms with E-state index in [0.717, 1.165) is 45.6 Å². The number of likely N-dealkylation sites (N-methyl/N-ethyl adjacent to an activating group) is 1. The van der Waals surface area contributed by atoms with Crippen molar-refractivity contribution in [1.82, 2.24) is 10.2 Å². The molecule has 20 heavy (non-hydrogen) atoms. The normalized spacial score (nSPS) is 19.9. The average molecular weight is 286 g/mol. The second-order valence-corrected chi connectivity index (χ2v) is 6.00. The zero-order valence-electron chi connectivity index (χ0n) is 13.4. The highest BCUT2D eigenvalue weighted by Gasteiger charge is 2.35. The molecule has 0 amide bonds. The third-order valence-electron chi connectivity index (χ3n) is 3.90. The van der Waals surface area contributed by atoms with Crippen LogP contribution in [0.2, 0.25) is 0 Å². The topological polar surface area (TPSA) is 50.8 Å². The summed E-state index contributed by atoms with van der Waals surface area (Å²) < 4.78 is 10.3. The number of ether oxygens (including phenoxy) is 2. The number of carbonyl (C=O) groups is 1. The molecule has 1 fully saturated rings. The van der Waals surface area contributed by atoms with Crippen molar-refractivity contribution in [2.75, 3.05) is 47.0 Å². The van der Waals surface area contributed by atoms with E-state index in [2.05, 4.69) is 24.2 Å². The van der Waals surface area contributed by atoms with Crippen molar-refractivity contribution in [3.63, 3.8) is 0 Å². The van der Waals surface area contributed by atoms with Gasteiger partial charge < -0.3 is 19.7 Å². The molecule has 5 heteroatoms. The lowest BCUT2D eigenvalue weighted by Crippen LogP contribution is -2.57. The molecule has 0 aromatic carbocycles. The summed E-state index contributed by atoms with van der Waals surface area (Å²) in [6.07, 6.45) is 3.22. The Hall–Kier alpha value is -0.650. The van der Waals surface area contributed by atoms with E-state index in [1.54, 1.807) is 0 Å². The maximum absolute atomic E-state index is 12.0. The summed E-state index contributed by atoms with van der Waals surface area (Å²) in [6.45, 7) is 8.23. The number of esters is 1. The molecule has 0 aromatic rings. The largest absolute Gasteiger partial charge is 0.468 e. The van der Waals surface area contributed by atoms with Gasteiger partial charge in [0.2, 0.25) is 0 Å². The predicted octanol–water partition coefficient (Wildman–Crippen LogP) is 1.28. The van der Waals surface area contributed by atoms with Crippen molar-refractivity contribution in [3.05, 3.63) is 0 Å². The molecule has 1 aliphatic rings. The van der Waals surface area contributed by atoms with Gasteiger partial charge in [-0.1, -0.05) is 6.92 Å². The van der Waals surface area contributed by atoms with Gasteiger partial charge in [-0.2, -0.15) is 0 Å². The Morgan fingerprint density at radius 1 is 1.45 bits per heavy atom. The van der Waals surface area contributed by atoms with Crippen LogP contribution < -0.4 is 5.32 Å². The minimum atomic E-state index is -0.634. The molecule has 0 saturated carbocycles. The summed E-state index contributed by atoms with van der Waals surface area (Å²) >= 11 is 0. The van der Waals surface area contributed by atoms with Crippen LogP contribution in [-0.4, -0.2) is 63.4 Å². The monoisotopic (exact) mass is 286 g/mol. The third kappa shape index (κ3) is 5.38. The number of rotatable bonds is 8. The number of carbonyl (C=O) groups excluding carboxylic acids is 1. The van der Waals surface area contributed by atoms with E-state index in [9.17, 15) is 4.79 Å². The fourth-order valence-electron chi connectivity index (χ4n) is 2.79. The first kappa shape index (κ1) is 17.4. The Morgan fingerprint density at radius 3 is 2.65 bits per heavy atom. The smallest absolute Gasteiger partial charge is 0.327 e. The van der Waals surface area contributed by atoms with Gasteiger partial charge in [0.05, 0.1) is 7.11 Å². The molecule has 0 spiro atoms. The van der Waals surface area contributed by atoms with Crippen LogP contribution in [0.3, 0.4) is 0 Å². The second-order valence-electron chi connectivity index (χ2n) is 6.00. The van der Waals surface area contributed by atoms with Gasteiger partial charge in [-0.05, 0) is 45.7 Å². The Kier molecular flexibility index (Phi) is 7.48. The van der Waals surface area contributed by atoms with Gasteiger partial charge in [0.25, 0.3) is 0 Å². The van der Waals surface area contributed by atoms with Crippen LogP contribution in [0.25, 0.3) is 0 Å². The lowest BCUT2D eigenvalue weighted by molar-refractivity contribution is -0.148. The Morgan fingerprint density at radius 2 is 2.10 bits per heavy atom. The van der Waals surface area contributed by atoms with E-state index >= 15 is 0 Å². The summed E-state index contributed by atoms with van der Waals surface area (Å²) in [4.78, 5) is 14.3. The quantitative estimate of drug-likeness (QED) is 0.681. The maximum Gasteiger partial charge on any atom is 0.327 e. The highest BCUT2D eigenvalue weighted by atomic mass is 16.5. The fourth-order valence-corrected chi connectivity index (χ4v) is 2.79. The number of nitrogens with zero attached hydrogens (tertiary/aromatic N) is 1. The van der Waals surface area contributed by atoms with Crippen LogP contribution in [0.5, 0.6) is 0 Å². The van der Waals surface area contributed by atoms with Crippen LogP contribution in [0, 0.1) is 5.92 Å². The molecule has 1 atom stereocenters. The first-order valence-corrected chi connectivity index (χ1v) is 7.61. The van der Waals surface area contributed by atoms with E-state index in [1.807, 2.05) is 6.92 Å². The molecular formula is C15H30N2O3. The van der Waals surface area contributed by atoms with Crippen molar-refractivity contribution >= 4 is 5.97 Å². The second kappa shape index (κ2) is 8.60. The number of nitrogens with one attached hydrogen (secondary N) is 1. The molecule has 1 rings (SSSR count). The highest BCUT2D eigenvalue weighted by Crippen LogP contribution is 2.17. The zero-order chi connectivity index (χ0) is 15.0. The van der Waals surface area contributed by atoms with Crippen LogP contribution in [0.15, 0.2) is 0 Å². The summed E-state index contributed by atoms with van der Waals surface area (Å²) in [5.74, 6) is 0.478. The van der Waals surface area contributed by atoms with Crippen LogP contribution >= 0.6 is 0 Å². The molecule has 1 unspecified atom stereocenters. The van der Waals surface area contributed by atoms with Crippen molar-refractivity contribution in [2.24, 2.45) is 5.92 Å². The van der Waals surface area contributed by atoms with Crippen molar-refractivity contribution in [2.45, 2.75) is 38.6 Å². The molecular weight excluding hydrogens is 256 g/mol. The molecule has 1 saturated heterocycles. The molecule has 0 radical (unpaired) electrons. The van der Waals surface area contributed by atoms with Gasteiger partial charge in [-0.3, -0.25) is 4.79 Å². The minimum absolute atomic E-state index is 0.190. The average Bonchev–Trinajstić information content (AvgIpc) is 2.45. The molecule has 0 bridgehead atoms. The SMILES string of the molecule is CCCNC(C)(CN(C)CC1CCOCC1)C(=O)OC. The zero-order valence-corrected chi connectivity index (χ0v) is 13.4. The van der Waals surface area contributed by atoms with E-state index in [-0.39, 0.29) is 5.97 Å². The standard InChI is InChI=1S/C15H30N2O3/c1-5-8-16-15(2,14(18)19-4)12-17(3)11-13-6-9-20-10-7-13/h13,16H,5-12H2,1-4H3. The third-order valence-corrected chi connectivity index (χ3v) is 3.90. The molecule has 1 N–H and O–H groups in total. The van der Waals surface area contributed by atoms with Crippen molar-refractivity contribution < 1.29 is 14.3 Å². The molecule has 5 nitrogen and oxygen atoms in total. The van der Waals surface area contributed by atoms with Gasteiger partial charge in [-0.15, -0.1) is 0 Å². The van der Waals surface area contributed by atoms with Crippen LogP contribution in [0.4, 0.5) is 0 Å². The fraction of sp³-hybridized carbons (Fsp3) is 0.933.